The Kier molecular flexibility index (Phi) is 4.74. The standard InChI is InChI=1S/C14H18N2O3/c1-18-14-6-11(2-3-12(14)7-15)8-16-4-5-19-13(9-16)10-17/h2-3,6,13,17H,4-5,8-10H2,1H3. The fourth-order valence-corrected chi connectivity index (χ4v) is 2.22. The van der Waals surface area contributed by atoms with Crippen LogP contribution in [0.2, 0.25) is 0 Å². The lowest BCUT2D eigenvalue weighted by atomic mass is 10.1. The molecule has 1 heterocycles. The van der Waals surface area contributed by atoms with Crippen LogP contribution < -0.4 is 4.74 Å². The van der Waals surface area contributed by atoms with E-state index in [9.17, 15) is 0 Å². The Morgan fingerprint density at radius 2 is 2.42 bits per heavy atom. The van der Waals surface area contributed by atoms with Gasteiger partial charge >= 0.3 is 0 Å². The van der Waals surface area contributed by atoms with Crippen LogP contribution in [0.1, 0.15) is 11.1 Å². The van der Waals surface area contributed by atoms with Crippen molar-refractivity contribution in [3.05, 3.63) is 29.3 Å². The van der Waals surface area contributed by atoms with E-state index in [0.29, 0.717) is 17.9 Å². The van der Waals surface area contributed by atoms with Gasteiger partial charge in [-0.15, -0.1) is 0 Å². The van der Waals surface area contributed by atoms with E-state index in [0.717, 1.165) is 25.2 Å². The van der Waals surface area contributed by atoms with Crippen molar-refractivity contribution in [1.29, 1.82) is 5.26 Å². The van der Waals surface area contributed by atoms with Crippen LogP contribution in [0.3, 0.4) is 0 Å². The van der Waals surface area contributed by atoms with E-state index < -0.39 is 0 Å². The average molecular weight is 262 g/mol. The number of ether oxygens (including phenoxy) is 2. The van der Waals surface area contributed by atoms with Gasteiger partial charge in [0.25, 0.3) is 0 Å². The fourth-order valence-electron chi connectivity index (χ4n) is 2.22. The quantitative estimate of drug-likeness (QED) is 0.867. The number of hydrogen-bond donors (Lipinski definition) is 1. The number of nitriles is 1. The van der Waals surface area contributed by atoms with Crippen LogP contribution in [0.25, 0.3) is 0 Å². The number of benzene rings is 1. The zero-order chi connectivity index (χ0) is 13.7. The molecule has 1 atom stereocenters. The van der Waals surface area contributed by atoms with E-state index in [1.807, 2.05) is 12.1 Å². The van der Waals surface area contributed by atoms with E-state index in [1.54, 1.807) is 13.2 Å². The largest absolute Gasteiger partial charge is 0.495 e. The third-order valence-corrected chi connectivity index (χ3v) is 3.22. The van der Waals surface area contributed by atoms with Crippen molar-refractivity contribution >= 4 is 0 Å². The third-order valence-electron chi connectivity index (χ3n) is 3.22. The van der Waals surface area contributed by atoms with Crippen LogP contribution in [0.5, 0.6) is 5.75 Å². The molecule has 19 heavy (non-hydrogen) atoms. The monoisotopic (exact) mass is 262 g/mol. The zero-order valence-corrected chi connectivity index (χ0v) is 11.0. The summed E-state index contributed by atoms with van der Waals surface area (Å²) < 4.78 is 10.6. The lowest BCUT2D eigenvalue weighted by Gasteiger charge is -2.32. The maximum Gasteiger partial charge on any atom is 0.136 e. The molecule has 1 unspecified atom stereocenters. The Morgan fingerprint density at radius 3 is 3.11 bits per heavy atom. The highest BCUT2D eigenvalue weighted by Gasteiger charge is 2.19. The minimum Gasteiger partial charge on any atom is -0.495 e. The number of methoxy groups -OCH3 is 1. The van der Waals surface area contributed by atoms with Crippen LogP contribution in [-0.4, -0.2) is 49.5 Å². The molecular formula is C14H18N2O3. The maximum absolute atomic E-state index is 9.12. The highest BCUT2D eigenvalue weighted by molar-refractivity contribution is 5.45. The Hall–Kier alpha value is -1.61. The first-order valence-electron chi connectivity index (χ1n) is 6.28. The number of nitrogens with zero attached hydrogens (tertiary/aromatic N) is 2. The molecule has 1 N–H and O–H groups in total. The van der Waals surface area contributed by atoms with Gasteiger partial charge in [-0.05, 0) is 17.7 Å². The summed E-state index contributed by atoms with van der Waals surface area (Å²) in [7, 11) is 1.57. The van der Waals surface area contributed by atoms with Crippen molar-refractivity contribution in [2.24, 2.45) is 0 Å². The van der Waals surface area contributed by atoms with Gasteiger partial charge in [0.2, 0.25) is 0 Å². The number of aliphatic hydroxyl groups excluding tert-OH is 1. The van der Waals surface area contributed by atoms with E-state index in [2.05, 4.69) is 11.0 Å². The zero-order valence-electron chi connectivity index (χ0n) is 11.0. The van der Waals surface area contributed by atoms with Crippen molar-refractivity contribution in [2.45, 2.75) is 12.6 Å². The minimum atomic E-state index is -0.103. The number of aliphatic hydroxyl groups is 1. The summed E-state index contributed by atoms with van der Waals surface area (Å²) in [4.78, 5) is 2.23. The van der Waals surface area contributed by atoms with Crippen LogP contribution in [0.15, 0.2) is 18.2 Å². The average Bonchev–Trinajstić information content (AvgIpc) is 2.47. The van der Waals surface area contributed by atoms with Gasteiger partial charge in [-0.3, -0.25) is 4.90 Å². The van der Waals surface area contributed by atoms with E-state index >= 15 is 0 Å². The summed E-state index contributed by atoms with van der Waals surface area (Å²) >= 11 is 0. The maximum atomic E-state index is 9.12. The lowest BCUT2D eigenvalue weighted by Crippen LogP contribution is -2.43. The van der Waals surface area contributed by atoms with Crippen LogP contribution in [-0.2, 0) is 11.3 Å². The molecule has 0 saturated carbocycles. The first kappa shape index (κ1) is 13.8. The van der Waals surface area contributed by atoms with Gasteiger partial charge in [-0.1, -0.05) is 6.07 Å². The van der Waals surface area contributed by atoms with Gasteiger partial charge in [0.1, 0.15) is 11.8 Å². The molecule has 2 rings (SSSR count). The molecule has 0 radical (unpaired) electrons. The predicted molar refractivity (Wildman–Crippen MR) is 69.8 cm³/mol. The molecule has 5 heteroatoms. The summed E-state index contributed by atoms with van der Waals surface area (Å²) in [5, 5.41) is 18.1. The van der Waals surface area contributed by atoms with Crippen molar-refractivity contribution in [3.63, 3.8) is 0 Å². The third kappa shape index (κ3) is 3.44. The second-order valence-corrected chi connectivity index (χ2v) is 4.56. The topological polar surface area (TPSA) is 65.7 Å². The molecule has 1 aromatic rings. The van der Waals surface area contributed by atoms with Gasteiger partial charge in [0, 0.05) is 19.6 Å². The summed E-state index contributed by atoms with van der Waals surface area (Å²) in [6, 6.07) is 7.70. The summed E-state index contributed by atoms with van der Waals surface area (Å²) in [6.45, 7) is 3.02. The molecule has 1 aliphatic rings. The number of rotatable bonds is 4. The predicted octanol–water partition coefficient (Wildman–Crippen LogP) is 0.760. The molecule has 0 aliphatic carbocycles. The van der Waals surface area contributed by atoms with Crippen molar-refractivity contribution in [3.8, 4) is 11.8 Å². The van der Waals surface area contributed by atoms with Crippen LogP contribution in [0.4, 0.5) is 0 Å². The Labute approximate surface area is 113 Å². The van der Waals surface area contributed by atoms with E-state index in [4.69, 9.17) is 19.8 Å². The fraction of sp³-hybridized carbons (Fsp3) is 0.500. The van der Waals surface area contributed by atoms with Gasteiger partial charge < -0.3 is 14.6 Å². The molecule has 1 saturated heterocycles. The SMILES string of the molecule is COc1cc(CN2CCOC(CO)C2)ccc1C#N. The molecule has 102 valence electrons. The smallest absolute Gasteiger partial charge is 0.136 e. The molecule has 1 aliphatic heterocycles. The van der Waals surface area contributed by atoms with Crippen LogP contribution in [0, 0.1) is 11.3 Å². The first-order chi connectivity index (χ1) is 9.26. The van der Waals surface area contributed by atoms with Gasteiger partial charge in [-0.2, -0.15) is 5.26 Å². The minimum absolute atomic E-state index is 0.0488. The molecule has 0 spiro atoms. The molecule has 1 fully saturated rings. The molecule has 0 bridgehead atoms. The van der Waals surface area contributed by atoms with E-state index in [-0.39, 0.29) is 12.7 Å². The molecule has 5 nitrogen and oxygen atoms in total. The van der Waals surface area contributed by atoms with Gasteiger partial charge in [-0.25, -0.2) is 0 Å². The second-order valence-electron chi connectivity index (χ2n) is 4.56. The number of morpholine rings is 1. The van der Waals surface area contributed by atoms with E-state index in [1.165, 1.54) is 0 Å². The lowest BCUT2D eigenvalue weighted by molar-refractivity contribution is -0.0551. The Balaban J connectivity index is 2.05. The molecule has 1 aromatic carbocycles. The summed E-state index contributed by atoms with van der Waals surface area (Å²) in [5.41, 5.74) is 1.64. The first-order valence-corrected chi connectivity index (χ1v) is 6.28. The summed E-state index contributed by atoms with van der Waals surface area (Å²) in [6.07, 6.45) is -0.103. The second kappa shape index (κ2) is 6.53. The van der Waals surface area contributed by atoms with Gasteiger partial charge in [0.15, 0.2) is 0 Å². The van der Waals surface area contributed by atoms with Crippen molar-refractivity contribution in [2.75, 3.05) is 33.4 Å². The summed E-state index contributed by atoms with van der Waals surface area (Å²) in [5.74, 6) is 0.604. The van der Waals surface area contributed by atoms with Crippen molar-refractivity contribution < 1.29 is 14.6 Å². The van der Waals surface area contributed by atoms with Crippen LogP contribution >= 0.6 is 0 Å². The number of hydrogen-bond acceptors (Lipinski definition) is 5. The molecule has 0 aromatic heterocycles. The Morgan fingerprint density at radius 1 is 1.58 bits per heavy atom. The van der Waals surface area contributed by atoms with Crippen molar-refractivity contribution in [1.82, 2.24) is 4.90 Å². The van der Waals surface area contributed by atoms with Gasteiger partial charge in [0.05, 0.1) is 32.0 Å². The molecular weight excluding hydrogens is 244 g/mol. The Bertz CT molecular complexity index is 470. The molecule has 0 amide bonds. The highest BCUT2D eigenvalue weighted by atomic mass is 16.5. The normalized spacial score (nSPS) is 19.9. The highest BCUT2D eigenvalue weighted by Crippen LogP contribution is 2.20.